The van der Waals surface area contributed by atoms with Gasteiger partial charge in [-0.05, 0) is 26.7 Å². The summed E-state index contributed by atoms with van der Waals surface area (Å²) in [6.07, 6.45) is -1.86. The topological polar surface area (TPSA) is 162 Å². The lowest BCUT2D eigenvalue weighted by Crippen LogP contribution is -2.60. The van der Waals surface area contributed by atoms with Crippen LogP contribution in [0.25, 0.3) is 0 Å². The molecule has 0 bridgehead atoms. The molecular formula is C17H31NO9. The van der Waals surface area contributed by atoms with E-state index in [1.807, 2.05) is 0 Å². The van der Waals surface area contributed by atoms with Gasteiger partial charge in [-0.2, -0.15) is 0 Å². The Kier molecular flexibility index (Phi) is 11.5. The minimum Gasteiger partial charge on any atom is -0.481 e. The highest BCUT2D eigenvalue weighted by molar-refractivity contribution is 5.92. The van der Waals surface area contributed by atoms with E-state index in [1.54, 1.807) is 14.1 Å². The van der Waals surface area contributed by atoms with Gasteiger partial charge in [-0.3, -0.25) is 14.4 Å². The van der Waals surface area contributed by atoms with E-state index in [-0.39, 0.29) is 25.4 Å². The van der Waals surface area contributed by atoms with Crippen molar-refractivity contribution >= 4 is 23.8 Å². The Morgan fingerprint density at radius 2 is 1.41 bits per heavy atom. The van der Waals surface area contributed by atoms with Gasteiger partial charge < -0.3 is 30.1 Å². The van der Waals surface area contributed by atoms with Crippen molar-refractivity contribution in [1.29, 1.82) is 0 Å². The van der Waals surface area contributed by atoms with Crippen molar-refractivity contribution in [2.24, 2.45) is 5.41 Å². The maximum Gasteiger partial charge on any atom is 0.337 e. The van der Waals surface area contributed by atoms with Gasteiger partial charge in [0.1, 0.15) is 11.5 Å². The Bertz CT molecular complexity index is 516. The highest BCUT2D eigenvalue weighted by Gasteiger charge is 2.61. The van der Waals surface area contributed by atoms with Crippen LogP contribution in [0.3, 0.4) is 0 Å². The van der Waals surface area contributed by atoms with Crippen LogP contribution in [0.5, 0.6) is 0 Å². The average molecular weight is 393 g/mol. The first-order chi connectivity index (χ1) is 12.3. The summed E-state index contributed by atoms with van der Waals surface area (Å²) < 4.78 is 5.15. The molecule has 0 aliphatic rings. The third-order valence-electron chi connectivity index (χ3n) is 4.32. The van der Waals surface area contributed by atoms with Gasteiger partial charge in [0.15, 0.2) is 5.60 Å². The standard InChI is InChI=1S/C12H20O7.C5H11NO2/c1-4-11(5-2,9(15)16)12(10(17)18,19-6-3)7-8(13)14;1-4(7)5(8)6(2)3/h4-7H2,1-3H3,(H,13,14)(H,15,16)(H,17,18);4,7H,1-3H3. The number of aliphatic hydroxyl groups excluding tert-OH is 1. The van der Waals surface area contributed by atoms with Crippen LogP contribution in [-0.2, 0) is 23.9 Å². The number of aliphatic hydroxyl groups is 1. The van der Waals surface area contributed by atoms with Gasteiger partial charge in [-0.15, -0.1) is 0 Å². The summed E-state index contributed by atoms with van der Waals surface area (Å²) in [5.41, 5.74) is -4.06. The number of likely N-dealkylation sites (N-methyl/N-ethyl adjacent to an activating group) is 1. The second-order valence-corrected chi connectivity index (χ2v) is 6.14. The molecule has 10 nitrogen and oxygen atoms in total. The molecule has 10 heteroatoms. The van der Waals surface area contributed by atoms with Crippen molar-refractivity contribution in [3.05, 3.63) is 0 Å². The molecule has 0 aromatic heterocycles. The van der Waals surface area contributed by atoms with Gasteiger partial charge in [0.25, 0.3) is 5.91 Å². The fraction of sp³-hybridized carbons (Fsp3) is 0.765. The zero-order valence-electron chi connectivity index (χ0n) is 16.7. The third-order valence-corrected chi connectivity index (χ3v) is 4.32. The fourth-order valence-electron chi connectivity index (χ4n) is 2.83. The summed E-state index contributed by atoms with van der Waals surface area (Å²) in [5.74, 6) is -4.61. The van der Waals surface area contributed by atoms with Crippen molar-refractivity contribution in [3.8, 4) is 0 Å². The van der Waals surface area contributed by atoms with E-state index < -0.39 is 41.4 Å². The molecule has 0 saturated heterocycles. The molecule has 0 heterocycles. The minimum absolute atomic E-state index is 0.0432. The molecule has 4 N–H and O–H groups in total. The number of carboxylic acid groups (broad SMARTS) is 3. The van der Waals surface area contributed by atoms with Crippen molar-refractivity contribution in [1.82, 2.24) is 4.90 Å². The van der Waals surface area contributed by atoms with Crippen molar-refractivity contribution < 1.29 is 44.3 Å². The van der Waals surface area contributed by atoms with Gasteiger partial charge in [0.05, 0.1) is 6.42 Å². The van der Waals surface area contributed by atoms with Crippen LogP contribution < -0.4 is 0 Å². The Morgan fingerprint density at radius 1 is 0.963 bits per heavy atom. The molecule has 0 aliphatic carbocycles. The van der Waals surface area contributed by atoms with Gasteiger partial charge in [0.2, 0.25) is 0 Å². The quantitative estimate of drug-likeness (QED) is 0.418. The molecule has 27 heavy (non-hydrogen) atoms. The number of carbonyl (C=O) groups is 4. The second kappa shape index (κ2) is 11.5. The van der Waals surface area contributed by atoms with E-state index in [1.165, 1.54) is 32.6 Å². The summed E-state index contributed by atoms with van der Waals surface area (Å²) in [7, 11) is 3.21. The molecular weight excluding hydrogens is 362 g/mol. The first kappa shape index (κ1) is 27.0. The lowest BCUT2D eigenvalue weighted by molar-refractivity contribution is -0.205. The molecule has 2 atom stereocenters. The van der Waals surface area contributed by atoms with E-state index in [0.29, 0.717) is 0 Å². The van der Waals surface area contributed by atoms with Crippen molar-refractivity contribution in [2.45, 2.75) is 58.7 Å². The smallest absolute Gasteiger partial charge is 0.337 e. The maximum atomic E-state index is 11.6. The highest BCUT2D eigenvalue weighted by atomic mass is 16.5. The summed E-state index contributed by atoms with van der Waals surface area (Å²) in [5, 5.41) is 36.3. The molecule has 0 saturated carbocycles. The molecule has 0 radical (unpaired) electrons. The lowest BCUT2D eigenvalue weighted by Gasteiger charge is -2.42. The molecule has 0 fully saturated rings. The van der Waals surface area contributed by atoms with E-state index in [0.717, 1.165) is 0 Å². The Labute approximate surface area is 158 Å². The fourth-order valence-corrected chi connectivity index (χ4v) is 2.83. The van der Waals surface area contributed by atoms with Crippen LogP contribution in [0.1, 0.15) is 47.0 Å². The molecule has 0 rings (SSSR count). The van der Waals surface area contributed by atoms with Gasteiger partial charge >= 0.3 is 17.9 Å². The minimum atomic E-state index is -2.27. The lowest BCUT2D eigenvalue weighted by atomic mass is 9.66. The predicted molar refractivity (Wildman–Crippen MR) is 95.3 cm³/mol. The van der Waals surface area contributed by atoms with Crippen LogP contribution >= 0.6 is 0 Å². The maximum absolute atomic E-state index is 11.6. The molecule has 0 aromatic carbocycles. The summed E-state index contributed by atoms with van der Waals surface area (Å²) in [6.45, 7) is 5.88. The van der Waals surface area contributed by atoms with Crippen LogP contribution in [0, 0.1) is 5.41 Å². The zero-order valence-corrected chi connectivity index (χ0v) is 16.7. The predicted octanol–water partition coefficient (Wildman–Crippen LogP) is 0.667. The first-order valence-electron chi connectivity index (χ1n) is 8.51. The van der Waals surface area contributed by atoms with Crippen LogP contribution in [0.2, 0.25) is 0 Å². The summed E-state index contributed by atoms with van der Waals surface area (Å²) >= 11 is 0. The van der Waals surface area contributed by atoms with E-state index in [2.05, 4.69) is 0 Å². The zero-order chi connectivity index (χ0) is 22.0. The highest BCUT2D eigenvalue weighted by Crippen LogP contribution is 2.44. The SMILES string of the molecule is CC(O)C(=O)N(C)C.CCOC(CC(=O)O)(C(=O)O)C(CC)(CC)C(=O)O. The normalized spacial score (nSPS) is 14.2. The number of carbonyl (C=O) groups excluding carboxylic acids is 1. The van der Waals surface area contributed by atoms with E-state index in [9.17, 15) is 29.4 Å². The number of hydrogen-bond acceptors (Lipinski definition) is 6. The van der Waals surface area contributed by atoms with Crippen LogP contribution in [0.15, 0.2) is 0 Å². The number of rotatable bonds is 10. The number of ether oxygens (including phenoxy) is 1. The second-order valence-electron chi connectivity index (χ2n) is 6.14. The van der Waals surface area contributed by atoms with Crippen molar-refractivity contribution in [2.75, 3.05) is 20.7 Å². The molecule has 0 spiro atoms. The molecule has 0 aromatic rings. The van der Waals surface area contributed by atoms with Gasteiger partial charge in [0, 0.05) is 20.7 Å². The van der Waals surface area contributed by atoms with E-state index >= 15 is 0 Å². The monoisotopic (exact) mass is 393 g/mol. The largest absolute Gasteiger partial charge is 0.481 e. The Balaban J connectivity index is 0. The molecule has 158 valence electrons. The number of amides is 1. The Hall–Kier alpha value is -2.20. The number of aliphatic carboxylic acids is 3. The summed E-state index contributed by atoms with van der Waals surface area (Å²) in [6, 6.07) is 0. The first-order valence-corrected chi connectivity index (χ1v) is 8.51. The Morgan fingerprint density at radius 3 is 1.56 bits per heavy atom. The number of hydrogen-bond donors (Lipinski definition) is 4. The van der Waals surface area contributed by atoms with Crippen LogP contribution in [-0.4, -0.2) is 81.5 Å². The van der Waals surface area contributed by atoms with Crippen LogP contribution in [0.4, 0.5) is 0 Å². The van der Waals surface area contributed by atoms with Gasteiger partial charge in [-0.25, -0.2) is 4.79 Å². The number of carboxylic acids is 3. The molecule has 1 amide bonds. The average Bonchev–Trinajstić information content (AvgIpc) is 2.54. The summed E-state index contributed by atoms with van der Waals surface area (Å²) in [4.78, 5) is 45.9. The third kappa shape index (κ3) is 6.47. The van der Waals surface area contributed by atoms with E-state index in [4.69, 9.17) is 14.9 Å². The molecule has 0 aliphatic heterocycles. The van der Waals surface area contributed by atoms with Crippen molar-refractivity contribution in [3.63, 3.8) is 0 Å². The molecule has 2 unspecified atom stereocenters. The van der Waals surface area contributed by atoms with Gasteiger partial charge in [-0.1, -0.05) is 13.8 Å². The number of nitrogens with zero attached hydrogens (tertiary/aromatic N) is 1.